The van der Waals surface area contributed by atoms with Crippen LogP contribution in [0.3, 0.4) is 0 Å². The second-order valence-corrected chi connectivity index (χ2v) is 4.84. The predicted octanol–water partition coefficient (Wildman–Crippen LogP) is 3.27. The molecule has 1 aromatic carbocycles. The molecule has 1 rings (SSSR count). The number of nitrogens with one attached hydrogen (secondary N) is 1. The zero-order chi connectivity index (χ0) is 11.4. The van der Waals surface area contributed by atoms with Gasteiger partial charge in [0.05, 0.1) is 5.56 Å². The largest absolute Gasteiger partial charge is 0.350 e. The molecule has 15 heavy (non-hydrogen) atoms. The Kier molecular flexibility index (Phi) is 4.67. The van der Waals surface area contributed by atoms with Crippen LogP contribution in [0, 0.1) is 0 Å². The van der Waals surface area contributed by atoms with Crippen molar-refractivity contribution in [3.63, 3.8) is 0 Å². The first-order valence-electron chi connectivity index (χ1n) is 4.84. The van der Waals surface area contributed by atoms with Gasteiger partial charge < -0.3 is 5.32 Å². The Labute approximate surface area is 104 Å². The summed E-state index contributed by atoms with van der Waals surface area (Å²) in [5.74, 6) is -0.0677. The molecule has 0 radical (unpaired) electrons. The SMILES string of the molecule is CCC(C)NC(=O)c1ccc(Br)cc1S. The number of halogens is 1. The second kappa shape index (κ2) is 5.56. The van der Waals surface area contributed by atoms with Gasteiger partial charge in [-0.15, -0.1) is 12.6 Å². The van der Waals surface area contributed by atoms with Gasteiger partial charge in [-0.25, -0.2) is 0 Å². The minimum Gasteiger partial charge on any atom is -0.350 e. The van der Waals surface area contributed by atoms with Crippen LogP contribution in [0.25, 0.3) is 0 Å². The Balaban J connectivity index is 2.82. The maximum absolute atomic E-state index is 11.8. The average Bonchev–Trinajstić information content (AvgIpc) is 2.17. The lowest BCUT2D eigenvalue weighted by Crippen LogP contribution is -2.32. The van der Waals surface area contributed by atoms with E-state index in [2.05, 4.69) is 33.9 Å². The molecule has 82 valence electrons. The lowest BCUT2D eigenvalue weighted by molar-refractivity contribution is 0.0936. The third-order valence-corrected chi connectivity index (χ3v) is 3.06. The maximum Gasteiger partial charge on any atom is 0.252 e. The molecule has 0 aliphatic carbocycles. The highest BCUT2D eigenvalue weighted by Crippen LogP contribution is 2.19. The molecule has 1 atom stereocenters. The molecule has 0 saturated heterocycles. The zero-order valence-corrected chi connectivity index (χ0v) is 11.2. The highest BCUT2D eigenvalue weighted by Gasteiger charge is 2.11. The van der Waals surface area contributed by atoms with Crippen molar-refractivity contribution >= 4 is 34.5 Å². The summed E-state index contributed by atoms with van der Waals surface area (Å²) in [6.45, 7) is 4.02. The van der Waals surface area contributed by atoms with Crippen molar-refractivity contribution in [1.82, 2.24) is 5.32 Å². The monoisotopic (exact) mass is 287 g/mol. The highest BCUT2D eigenvalue weighted by atomic mass is 79.9. The number of benzene rings is 1. The van der Waals surface area contributed by atoms with Crippen molar-refractivity contribution in [2.45, 2.75) is 31.2 Å². The van der Waals surface area contributed by atoms with Crippen LogP contribution in [0.2, 0.25) is 0 Å². The Bertz CT molecular complexity index is 368. The van der Waals surface area contributed by atoms with Gasteiger partial charge in [0.1, 0.15) is 0 Å². The molecule has 0 saturated carbocycles. The minimum atomic E-state index is -0.0677. The maximum atomic E-state index is 11.8. The molecule has 1 unspecified atom stereocenters. The minimum absolute atomic E-state index is 0.0677. The Hall–Kier alpha value is -0.480. The topological polar surface area (TPSA) is 29.1 Å². The number of hydrogen-bond donors (Lipinski definition) is 2. The lowest BCUT2D eigenvalue weighted by atomic mass is 10.2. The molecule has 0 aromatic heterocycles. The van der Waals surface area contributed by atoms with Crippen LogP contribution in [-0.2, 0) is 0 Å². The number of rotatable bonds is 3. The van der Waals surface area contributed by atoms with Crippen LogP contribution >= 0.6 is 28.6 Å². The van der Waals surface area contributed by atoms with Gasteiger partial charge in [-0.3, -0.25) is 4.79 Å². The fourth-order valence-electron chi connectivity index (χ4n) is 1.10. The molecule has 0 spiro atoms. The summed E-state index contributed by atoms with van der Waals surface area (Å²) >= 11 is 7.60. The summed E-state index contributed by atoms with van der Waals surface area (Å²) in [4.78, 5) is 12.5. The first-order chi connectivity index (χ1) is 7.04. The molecule has 0 bridgehead atoms. The van der Waals surface area contributed by atoms with Crippen molar-refractivity contribution in [2.24, 2.45) is 0 Å². The summed E-state index contributed by atoms with van der Waals surface area (Å²) in [5, 5.41) is 2.90. The van der Waals surface area contributed by atoms with Crippen molar-refractivity contribution in [3.8, 4) is 0 Å². The number of carbonyl (C=O) groups excluding carboxylic acids is 1. The van der Waals surface area contributed by atoms with Gasteiger partial charge in [-0.1, -0.05) is 22.9 Å². The van der Waals surface area contributed by atoms with Crippen LogP contribution in [-0.4, -0.2) is 11.9 Å². The lowest BCUT2D eigenvalue weighted by Gasteiger charge is -2.12. The molecule has 0 aliphatic rings. The van der Waals surface area contributed by atoms with Crippen LogP contribution in [0.5, 0.6) is 0 Å². The van der Waals surface area contributed by atoms with E-state index >= 15 is 0 Å². The van der Waals surface area contributed by atoms with Gasteiger partial charge in [0.2, 0.25) is 0 Å². The molecular weight excluding hydrogens is 274 g/mol. The summed E-state index contributed by atoms with van der Waals surface area (Å²) in [6, 6.07) is 5.61. The molecular formula is C11H14BrNOS. The molecule has 4 heteroatoms. The molecule has 2 nitrogen and oxygen atoms in total. The van der Waals surface area contributed by atoms with Gasteiger partial charge in [0.15, 0.2) is 0 Å². The molecule has 0 heterocycles. The van der Waals surface area contributed by atoms with Gasteiger partial charge in [-0.2, -0.15) is 0 Å². The second-order valence-electron chi connectivity index (χ2n) is 3.44. The van der Waals surface area contributed by atoms with Gasteiger partial charge in [0.25, 0.3) is 5.91 Å². The molecule has 1 amide bonds. The normalized spacial score (nSPS) is 12.3. The van der Waals surface area contributed by atoms with Crippen LogP contribution in [0.4, 0.5) is 0 Å². The molecule has 1 N–H and O–H groups in total. The van der Waals surface area contributed by atoms with Crippen molar-refractivity contribution in [1.29, 1.82) is 0 Å². The number of amides is 1. The molecule has 1 aromatic rings. The van der Waals surface area contributed by atoms with Gasteiger partial charge in [-0.05, 0) is 31.5 Å². The molecule has 0 aliphatic heterocycles. The van der Waals surface area contributed by atoms with Crippen molar-refractivity contribution in [2.75, 3.05) is 0 Å². The van der Waals surface area contributed by atoms with Crippen molar-refractivity contribution in [3.05, 3.63) is 28.2 Å². The average molecular weight is 288 g/mol. The summed E-state index contributed by atoms with van der Waals surface area (Å²) in [6.07, 6.45) is 0.921. The Morgan fingerprint density at radius 2 is 2.27 bits per heavy atom. The standard InChI is InChI=1S/C11H14BrNOS/c1-3-7(2)13-11(14)9-5-4-8(12)6-10(9)15/h4-7,15H,3H2,1-2H3,(H,13,14). The van der Waals surface area contributed by atoms with E-state index in [0.29, 0.717) is 10.5 Å². The summed E-state index contributed by atoms with van der Waals surface area (Å²) < 4.78 is 0.924. The third-order valence-electron chi connectivity index (χ3n) is 2.19. The van der Waals surface area contributed by atoms with E-state index in [1.54, 1.807) is 6.07 Å². The van der Waals surface area contributed by atoms with Crippen LogP contribution < -0.4 is 5.32 Å². The van der Waals surface area contributed by atoms with Gasteiger partial charge >= 0.3 is 0 Å². The van der Waals surface area contributed by atoms with E-state index in [-0.39, 0.29) is 11.9 Å². The van der Waals surface area contributed by atoms with E-state index in [4.69, 9.17) is 0 Å². The van der Waals surface area contributed by atoms with Crippen molar-refractivity contribution < 1.29 is 4.79 Å². The van der Waals surface area contributed by atoms with E-state index in [9.17, 15) is 4.79 Å². The van der Waals surface area contributed by atoms with Crippen LogP contribution in [0.15, 0.2) is 27.6 Å². The fraction of sp³-hybridized carbons (Fsp3) is 0.364. The molecule has 0 fully saturated rings. The Morgan fingerprint density at radius 3 is 2.80 bits per heavy atom. The quantitative estimate of drug-likeness (QED) is 0.821. The number of thiol groups is 1. The fourth-order valence-corrected chi connectivity index (χ4v) is 1.95. The van der Waals surface area contributed by atoms with E-state index in [1.807, 2.05) is 26.0 Å². The van der Waals surface area contributed by atoms with Crippen LogP contribution in [0.1, 0.15) is 30.6 Å². The number of hydrogen-bond acceptors (Lipinski definition) is 2. The smallest absolute Gasteiger partial charge is 0.252 e. The van der Waals surface area contributed by atoms with E-state index < -0.39 is 0 Å². The zero-order valence-electron chi connectivity index (χ0n) is 8.75. The number of carbonyl (C=O) groups is 1. The highest BCUT2D eigenvalue weighted by molar-refractivity contribution is 9.10. The first-order valence-corrected chi connectivity index (χ1v) is 6.08. The predicted molar refractivity (Wildman–Crippen MR) is 68.6 cm³/mol. The summed E-state index contributed by atoms with van der Waals surface area (Å²) in [5.41, 5.74) is 0.613. The third kappa shape index (κ3) is 3.54. The summed E-state index contributed by atoms with van der Waals surface area (Å²) in [7, 11) is 0. The van der Waals surface area contributed by atoms with E-state index in [0.717, 1.165) is 10.9 Å². The van der Waals surface area contributed by atoms with E-state index in [1.165, 1.54) is 0 Å². The first kappa shape index (κ1) is 12.6. The van der Waals surface area contributed by atoms with Gasteiger partial charge in [0, 0.05) is 15.4 Å². The Morgan fingerprint density at radius 1 is 1.60 bits per heavy atom.